The van der Waals surface area contributed by atoms with E-state index < -0.39 is 5.92 Å². The van der Waals surface area contributed by atoms with Gasteiger partial charge < -0.3 is 4.74 Å². The summed E-state index contributed by atoms with van der Waals surface area (Å²) in [5.41, 5.74) is 0.960. The number of hydrogen-bond acceptors (Lipinski definition) is 6. The lowest BCUT2D eigenvalue weighted by Crippen LogP contribution is -2.11. The molecular weight excluding hydrogens is 388 g/mol. The number of unbranched alkanes of at least 4 members (excludes halogenated alkanes) is 1. The Morgan fingerprint density at radius 2 is 2.04 bits per heavy atom. The van der Waals surface area contributed by atoms with Crippen molar-refractivity contribution < 1.29 is 9.53 Å². The second kappa shape index (κ2) is 8.29. The normalized spacial score (nSPS) is 18.3. The summed E-state index contributed by atoms with van der Waals surface area (Å²) in [4.78, 5) is 17.7. The van der Waals surface area contributed by atoms with E-state index in [9.17, 15) is 4.79 Å². The molecule has 0 radical (unpaired) electrons. The summed E-state index contributed by atoms with van der Waals surface area (Å²) in [6.45, 7) is 2.84. The molecule has 1 aliphatic heterocycles. The number of carbonyl (C=O) groups is 1. The molecule has 0 unspecified atom stereocenters. The topological polar surface area (TPSA) is 63.0 Å². The third-order valence-electron chi connectivity index (χ3n) is 4.65. The summed E-state index contributed by atoms with van der Waals surface area (Å²) in [5.74, 6) is 0.265. The van der Waals surface area contributed by atoms with Gasteiger partial charge in [0.25, 0.3) is 0 Å². The number of allylic oxidation sites excluding steroid dienone is 1. The van der Waals surface area contributed by atoms with Gasteiger partial charge in [0.2, 0.25) is 0 Å². The fourth-order valence-electron chi connectivity index (χ4n) is 3.21. The summed E-state index contributed by atoms with van der Waals surface area (Å²) in [5, 5.41) is 13.2. The molecule has 1 fully saturated rings. The molecule has 1 saturated heterocycles. The van der Waals surface area contributed by atoms with E-state index in [1.54, 1.807) is 6.20 Å². The maximum atomic E-state index is 12.9. The first kappa shape index (κ1) is 18.9. The number of thioether (sulfide) groups is 1. The molecule has 1 N–H and O–H groups in total. The number of ketones is 1. The lowest BCUT2D eigenvalue weighted by Gasteiger charge is -2.11. The summed E-state index contributed by atoms with van der Waals surface area (Å²) in [6, 6.07) is 12.0. The number of hydrogen-bond donors (Lipinski definition) is 1. The van der Waals surface area contributed by atoms with E-state index in [1.807, 2.05) is 47.9 Å². The van der Waals surface area contributed by atoms with Crippen LogP contribution in [0.25, 0.3) is 16.8 Å². The van der Waals surface area contributed by atoms with Gasteiger partial charge in [0.1, 0.15) is 16.7 Å². The minimum Gasteiger partial charge on any atom is -0.493 e. The van der Waals surface area contributed by atoms with Crippen LogP contribution in [0.5, 0.6) is 5.75 Å². The Morgan fingerprint density at radius 3 is 2.79 bits per heavy atom. The van der Waals surface area contributed by atoms with Crippen molar-refractivity contribution in [2.75, 3.05) is 6.61 Å². The van der Waals surface area contributed by atoms with Crippen molar-refractivity contribution in [1.82, 2.24) is 4.98 Å². The second-order valence-electron chi connectivity index (χ2n) is 6.54. The number of aromatic nitrogens is 1. The van der Waals surface area contributed by atoms with E-state index in [4.69, 9.17) is 10.1 Å². The van der Waals surface area contributed by atoms with Crippen LogP contribution in [-0.4, -0.2) is 22.4 Å². The molecule has 4 rings (SSSR count). The van der Waals surface area contributed by atoms with Gasteiger partial charge in [-0.15, -0.1) is 11.3 Å². The molecular formula is C22H20N2O2S2. The van der Waals surface area contributed by atoms with Crippen molar-refractivity contribution in [3.63, 3.8) is 0 Å². The predicted molar refractivity (Wildman–Crippen MR) is 118 cm³/mol. The zero-order chi connectivity index (χ0) is 19.5. The maximum absolute atomic E-state index is 12.9. The highest BCUT2D eigenvalue weighted by Gasteiger charge is 2.38. The largest absolute Gasteiger partial charge is 0.493 e. The van der Waals surface area contributed by atoms with Crippen molar-refractivity contribution in [2.24, 2.45) is 0 Å². The minimum atomic E-state index is -0.556. The third kappa shape index (κ3) is 3.62. The van der Waals surface area contributed by atoms with Crippen molar-refractivity contribution in [3.8, 4) is 5.75 Å². The Kier molecular flexibility index (Phi) is 5.59. The molecule has 0 aliphatic carbocycles. The molecule has 0 spiro atoms. The van der Waals surface area contributed by atoms with Crippen LogP contribution >= 0.6 is 23.1 Å². The molecule has 1 aromatic heterocycles. The van der Waals surface area contributed by atoms with Gasteiger partial charge in [-0.25, -0.2) is 4.98 Å². The summed E-state index contributed by atoms with van der Waals surface area (Å²) >= 11 is 2.65. The Hall–Kier alpha value is -2.44. The van der Waals surface area contributed by atoms with Gasteiger partial charge in [0, 0.05) is 17.0 Å². The third-order valence-corrected chi connectivity index (χ3v) is 6.48. The molecule has 3 aromatic rings. The van der Waals surface area contributed by atoms with Crippen LogP contribution in [0.4, 0.5) is 0 Å². The van der Waals surface area contributed by atoms with Gasteiger partial charge in [0.15, 0.2) is 5.78 Å². The monoisotopic (exact) mass is 408 g/mol. The molecule has 4 nitrogen and oxygen atoms in total. The van der Waals surface area contributed by atoms with Gasteiger partial charge in [-0.1, -0.05) is 55.4 Å². The first-order chi connectivity index (χ1) is 13.7. The van der Waals surface area contributed by atoms with Crippen LogP contribution in [0.1, 0.15) is 36.3 Å². The Morgan fingerprint density at radius 1 is 1.21 bits per heavy atom. The molecule has 0 bridgehead atoms. The van der Waals surface area contributed by atoms with Crippen LogP contribution in [-0.2, 0) is 4.79 Å². The minimum absolute atomic E-state index is 0.0442. The lowest BCUT2D eigenvalue weighted by atomic mass is 10.0. The maximum Gasteiger partial charge on any atom is 0.186 e. The zero-order valence-corrected chi connectivity index (χ0v) is 17.1. The van der Waals surface area contributed by atoms with E-state index in [0.29, 0.717) is 21.6 Å². The van der Waals surface area contributed by atoms with Crippen LogP contribution in [0.2, 0.25) is 0 Å². The van der Waals surface area contributed by atoms with Crippen LogP contribution in [0.3, 0.4) is 0 Å². The highest BCUT2D eigenvalue weighted by molar-refractivity contribution is 8.19. The number of carbonyl (C=O) groups excluding carboxylic acids is 1. The number of thiazole rings is 1. The number of rotatable bonds is 6. The molecule has 2 aromatic carbocycles. The van der Waals surface area contributed by atoms with E-state index in [0.717, 1.165) is 34.9 Å². The van der Waals surface area contributed by atoms with Gasteiger partial charge in [-0.05, 0) is 29.5 Å². The number of ether oxygens (including phenoxy) is 1. The predicted octanol–water partition coefficient (Wildman–Crippen LogP) is 5.89. The first-order valence-electron chi connectivity index (χ1n) is 9.25. The fourth-order valence-corrected chi connectivity index (χ4v) is 5.00. The van der Waals surface area contributed by atoms with Crippen LogP contribution in [0.15, 0.2) is 52.9 Å². The molecule has 1 atom stereocenters. The summed E-state index contributed by atoms with van der Waals surface area (Å²) in [7, 11) is 0. The standard InChI is InChI=1S/C22H20N2O2S2/c1-2-3-11-26-17-9-8-14(15-6-4-5-7-16(15)17)13-18-20(25)19(21(23)28-18)22-24-10-12-27-22/h4-10,12-13,19,23H,2-3,11H2,1H3/b18-13-,23-21?/t19-/m1/s1. The van der Waals surface area contributed by atoms with Gasteiger partial charge in [-0.2, -0.15) is 0 Å². The molecule has 1 aliphatic rings. The van der Waals surface area contributed by atoms with Crippen molar-refractivity contribution in [1.29, 1.82) is 5.41 Å². The SMILES string of the molecule is CCCCOc1ccc(/C=C2\SC(=N)[C@H](c3nccs3)C2=O)c2ccccc12. The second-order valence-corrected chi connectivity index (χ2v) is 8.55. The molecule has 2 heterocycles. The number of fused-ring (bicyclic) bond motifs is 1. The Bertz CT molecular complexity index is 1060. The lowest BCUT2D eigenvalue weighted by molar-refractivity contribution is -0.114. The molecule has 0 saturated carbocycles. The van der Waals surface area contributed by atoms with Gasteiger partial charge in [-0.3, -0.25) is 10.2 Å². The average Bonchev–Trinajstić information content (AvgIpc) is 3.31. The smallest absolute Gasteiger partial charge is 0.186 e. The van der Waals surface area contributed by atoms with Crippen molar-refractivity contribution in [2.45, 2.75) is 25.7 Å². The average molecular weight is 409 g/mol. The first-order valence-corrected chi connectivity index (χ1v) is 10.9. The quantitative estimate of drug-likeness (QED) is 0.408. The molecule has 0 amide bonds. The number of nitrogens with zero attached hydrogens (tertiary/aromatic N) is 1. The number of Topliss-reactive ketones (excluding diaryl/α,β-unsaturated/α-hetero) is 1. The van der Waals surface area contributed by atoms with E-state index in [-0.39, 0.29) is 5.78 Å². The Balaban J connectivity index is 1.69. The zero-order valence-electron chi connectivity index (χ0n) is 15.5. The number of benzene rings is 2. The highest BCUT2D eigenvalue weighted by Crippen LogP contribution is 2.42. The van der Waals surface area contributed by atoms with Crippen LogP contribution < -0.4 is 4.74 Å². The van der Waals surface area contributed by atoms with Gasteiger partial charge >= 0.3 is 0 Å². The molecule has 6 heteroatoms. The van der Waals surface area contributed by atoms with Gasteiger partial charge in [0.05, 0.1) is 16.6 Å². The Labute approximate surface area is 172 Å². The summed E-state index contributed by atoms with van der Waals surface area (Å²) < 4.78 is 5.96. The molecule has 28 heavy (non-hydrogen) atoms. The highest BCUT2D eigenvalue weighted by atomic mass is 32.2. The van der Waals surface area contributed by atoms with Crippen molar-refractivity contribution in [3.05, 3.63) is 63.5 Å². The van der Waals surface area contributed by atoms with E-state index >= 15 is 0 Å². The van der Waals surface area contributed by atoms with Crippen LogP contribution in [0, 0.1) is 5.41 Å². The number of nitrogens with one attached hydrogen (secondary N) is 1. The summed E-state index contributed by atoms with van der Waals surface area (Å²) in [6.07, 6.45) is 5.68. The molecule has 142 valence electrons. The fraction of sp³-hybridized carbons (Fsp3) is 0.227. The van der Waals surface area contributed by atoms with E-state index in [1.165, 1.54) is 23.1 Å². The van der Waals surface area contributed by atoms with Crippen molar-refractivity contribution >= 4 is 50.8 Å². The van der Waals surface area contributed by atoms with E-state index in [2.05, 4.69) is 11.9 Å².